The Morgan fingerprint density at radius 3 is 3.05 bits per heavy atom. The van der Waals surface area contributed by atoms with Gasteiger partial charge in [0.05, 0.1) is 12.2 Å². The average molecular weight is 310 g/mol. The van der Waals surface area contributed by atoms with Crippen molar-refractivity contribution in [2.45, 2.75) is 44.4 Å². The number of carbonyl (C=O) groups excluding carboxylic acids is 1. The lowest BCUT2D eigenvalue weighted by Crippen LogP contribution is -2.43. The summed E-state index contributed by atoms with van der Waals surface area (Å²) in [4.78, 5) is 14.4. The first-order valence-electron chi connectivity index (χ1n) is 7.75. The van der Waals surface area contributed by atoms with Gasteiger partial charge in [0, 0.05) is 37.1 Å². The number of likely N-dealkylation sites (tertiary alicyclic amines) is 1. The summed E-state index contributed by atoms with van der Waals surface area (Å²) < 4.78 is 1.76. The standard InChI is InChI=1S/C15H26N4OS/c1-4-21-14-7-5-6-8-19(11-14)15(20)17-12(2)13-9-16-18(3)10-13/h9-10,12,14H,4-8,11H2,1-3H3,(H,17,20)/t12-,14-/m0/s1. The number of aryl methyl sites for hydroxylation is 1. The molecule has 1 N–H and O–H groups in total. The van der Waals surface area contributed by atoms with Crippen molar-refractivity contribution < 1.29 is 4.79 Å². The highest BCUT2D eigenvalue weighted by Gasteiger charge is 2.23. The monoisotopic (exact) mass is 310 g/mol. The molecule has 0 radical (unpaired) electrons. The third-order valence-corrected chi connectivity index (χ3v) is 5.07. The molecule has 21 heavy (non-hydrogen) atoms. The van der Waals surface area contributed by atoms with Crippen LogP contribution in [0.4, 0.5) is 4.79 Å². The molecule has 1 saturated heterocycles. The summed E-state index contributed by atoms with van der Waals surface area (Å²) in [6, 6.07) is 0.0432. The number of nitrogens with zero attached hydrogens (tertiary/aromatic N) is 3. The summed E-state index contributed by atoms with van der Waals surface area (Å²) in [6.07, 6.45) is 7.31. The van der Waals surface area contributed by atoms with Crippen molar-refractivity contribution in [2.75, 3.05) is 18.8 Å². The minimum absolute atomic E-state index is 0.00766. The van der Waals surface area contributed by atoms with Crippen molar-refractivity contribution in [2.24, 2.45) is 7.05 Å². The first kappa shape index (κ1) is 16.2. The van der Waals surface area contributed by atoms with Crippen LogP contribution >= 0.6 is 11.8 Å². The van der Waals surface area contributed by atoms with Gasteiger partial charge < -0.3 is 10.2 Å². The zero-order valence-electron chi connectivity index (χ0n) is 13.2. The molecule has 2 atom stereocenters. The molecular formula is C15H26N4OS. The van der Waals surface area contributed by atoms with Crippen LogP contribution in [0.25, 0.3) is 0 Å². The van der Waals surface area contributed by atoms with Crippen molar-refractivity contribution in [3.8, 4) is 0 Å². The van der Waals surface area contributed by atoms with Crippen LogP contribution < -0.4 is 5.32 Å². The molecule has 2 amide bonds. The Balaban J connectivity index is 1.91. The van der Waals surface area contributed by atoms with Gasteiger partial charge in [0.2, 0.25) is 0 Å². The first-order chi connectivity index (χ1) is 10.1. The Kier molecular flexibility index (Phi) is 5.96. The number of carbonyl (C=O) groups is 1. The maximum absolute atomic E-state index is 12.5. The van der Waals surface area contributed by atoms with Gasteiger partial charge in [-0.1, -0.05) is 13.3 Å². The normalized spacial score (nSPS) is 20.9. The van der Waals surface area contributed by atoms with Gasteiger partial charge in [-0.3, -0.25) is 4.68 Å². The maximum Gasteiger partial charge on any atom is 0.317 e. The fraction of sp³-hybridized carbons (Fsp3) is 0.733. The minimum Gasteiger partial charge on any atom is -0.331 e. The van der Waals surface area contributed by atoms with Crippen molar-refractivity contribution in [1.29, 1.82) is 0 Å². The second-order valence-electron chi connectivity index (χ2n) is 5.64. The van der Waals surface area contributed by atoms with E-state index < -0.39 is 0 Å². The Morgan fingerprint density at radius 1 is 1.57 bits per heavy atom. The third-order valence-electron chi connectivity index (χ3n) is 3.88. The second-order valence-corrected chi connectivity index (χ2v) is 7.22. The van der Waals surface area contributed by atoms with Crippen LogP contribution in [-0.2, 0) is 7.05 Å². The maximum atomic E-state index is 12.5. The molecular weight excluding hydrogens is 284 g/mol. The van der Waals surface area contributed by atoms with Crippen LogP contribution in [0.5, 0.6) is 0 Å². The summed E-state index contributed by atoms with van der Waals surface area (Å²) in [5.74, 6) is 1.12. The number of amides is 2. The predicted molar refractivity (Wildman–Crippen MR) is 87.5 cm³/mol. The molecule has 0 bridgehead atoms. The molecule has 0 aliphatic carbocycles. The van der Waals surface area contributed by atoms with Gasteiger partial charge in [-0.2, -0.15) is 16.9 Å². The molecule has 1 aliphatic rings. The van der Waals surface area contributed by atoms with E-state index in [1.165, 1.54) is 12.8 Å². The van der Waals surface area contributed by atoms with E-state index in [0.29, 0.717) is 5.25 Å². The Morgan fingerprint density at radius 2 is 2.38 bits per heavy atom. The molecule has 0 aromatic carbocycles. The van der Waals surface area contributed by atoms with E-state index in [1.54, 1.807) is 4.68 Å². The predicted octanol–water partition coefficient (Wildman–Crippen LogP) is 2.80. The third kappa shape index (κ3) is 4.66. The molecule has 1 aromatic rings. The number of urea groups is 1. The van der Waals surface area contributed by atoms with E-state index in [-0.39, 0.29) is 12.1 Å². The lowest BCUT2D eigenvalue weighted by Gasteiger charge is -2.26. The first-order valence-corrected chi connectivity index (χ1v) is 8.80. The lowest BCUT2D eigenvalue weighted by atomic mass is 10.2. The molecule has 2 heterocycles. The number of aromatic nitrogens is 2. The summed E-state index contributed by atoms with van der Waals surface area (Å²) in [7, 11) is 1.89. The largest absolute Gasteiger partial charge is 0.331 e. The van der Waals surface area contributed by atoms with Crippen LogP contribution in [-0.4, -0.2) is 44.8 Å². The molecule has 0 spiro atoms. The topological polar surface area (TPSA) is 50.2 Å². The van der Waals surface area contributed by atoms with E-state index in [0.717, 1.165) is 30.8 Å². The van der Waals surface area contributed by atoms with Gasteiger partial charge in [-0.15, -0.1) is 0 Å². The van der Waals surface area contributed by atoms with Gasteiger partial charge in [0.15, 0.2) is 0 Å². The fourth-order valence-corrected chi connectivity index (χ4v) is 3.77. The minimum atomic E-state index is -0.00766. The Bertz CT molecular complexity index is 462. The van der Waals surface area contributed by atoms with E-state index in [2.05, 4.69) is 17.3 Å². The molecule has 1 aliphatic heterocycles. The highest BCUT2D eigenvalue weighted by molar-refractivity contribution is 7.99. The number of rotatable bonds is 4. The summed E-state index contributed by atoms with van der Waals surface area (Å²) in [6.45, 7) is 5.92. The van der Waals surface area contributed by atoms with E-state index in [1.807, 2.05) is 43.0 Å². The molecule has 2 rings (SSSR count). The van der Waals surface area contributed by atoms with Crippen LogP contribution in [0.3, 0.4) is 0 Å². The van der Waals surface area contributed by atoms with Gasteiger partial charge in [-0.05, 0) is 25.5 Å². The van der Waals surface area contributed by atoms with Crippen molar-refractivity contribution >= 4 is 17.8 Å². The Hall–Kier alpha value is -1.17. The van der Waals surface area contributed by atoms with E-state index in [9.17, 15) is 4.79 Å². The SMILES string of the molecule is CCS[C@H]1CCCCN(C(=O)N[C@@H](C)c2cnn(C)c2)C1. The smallest absolute Gasteiger partial charge is 0.317 e. The second kappa shape index (κ2) is 7.73. The molecule has 6 heteroatoms. The lowest BCUT2D eigenvalue weighted by molar-refractivity contribution is 0.197. The van der Waals surface area contributed by atoms with Crippen molar-refractivity contribution in [3.63, 3.8) is 0 Å². The summed E-state index contributed by atoms with van der Waals surface area (Å²) in [5, 5.41) is 7.83. The Labute approximate surface area is 131 Å². The van der Waals surface area contributed by atoms with Gasteiger partial charge in [-0.25, -0.2) is 4.79 Å². The van der Waals surface area contributed by atoms with Crippen LogP contribution in [0.15, 0.2) is 12.4 Å². The van der Waals surface area contributed by atoms with Gasteiger partial charge in [0.25, 0.3) is 0 Å². The van der Waals surface area contributed by atoms with Gasteiger partial charge in [0.1, 0.15) is 0 Å². The molecule has 5 nitrogen and oxygen atoms in total. The highest BCUT2D eigenvalue weighted by atomic mass is 32.2. The fourth-order valence-electron chi connectivity index (χ4n) is 2.68. The average Bonchev–Trinajstić information content (AvgIpc) is 2.74. The zero-order valence-corrected chi connectivity index (χ0v) is 14.0. The van der Waals surface area contributed by atoms with Crippen molar-refractivity contribution in [1.82, 2.24) is 20.0 Å². The number of thioether (sulfide) groups is 1. The quantitative estimate of drug-likeness (QED) is 0.930. The number of hydrogen-bond acceptors (Lipinski definition) is 3. The number of nitrogens with one attached hydrogen (secondary N) is 1. The van der Waals surface area contributed by atoms with Crippen molar-refractivity contribution in [3.05, 3.63) is 18.0 Å². The summed E-state index contributed by atoms with van der Waals surface area (Å²) >= 11 is 1.97. The zero-order chi connectivity index (χ0) is 15.2. The van der Waals surface area contributed by atoms with E-state index >= 15 is 0 Å². The summed E-state index contributed by atoms with van der Waals surface area (Å²) in [5.41, 5.74) is 1.04. The van der Waals surface area contributed by atoms with Gasteiger partial charge >= 0.3 is 6.03 Å². The molecule has 1 aromatic heterocycles. The van der Waals surface area contributed by atoms with Crippen LogP contribution in [0, 0.1) is 0 Å². The van der Waals surface area contributed by atoms with Crippen LogP contribution in [0.2, 0.25) is 0 Å². The molecule has 0 saturated carbocycles. The molecule has 1 fully saturated rings. The molecule has 0 unspecified atom stereocenters. The molecule has 118 valence electrons. The van der Waals surface area contributed by atoms with E-state index in [4.69, 9.17) is 0 Å². The van der Waals surface area contributed by atoms with Crippen LogP contribution in [0.1, 0.15) is 44.7 Å². The highest BCUT2D eigenvalue weighted by Crippen LogP contribution is 2.22. The number of hydrogen-bond donors (Lipinski definition) is 1.